The van der Waals surface area contributed by atoms with Gasteiger partial charge in [-0.05, 0) is 85.5 Å². The van der Waals surface area contributed by atoms with Crippen molar-refractivity contribution in [2.75, 3.05) is 0 Å². The first-order valence-corrected chi connectivity index (χ1v) is 10.4. The molecule has 0 aromatic rings. The molecule has 0 aromatic carbocycles. The maximum absolute atomic E-state index is 11.9. The van der Waals surface area contributed by atoms with Crippen LogP contribution < -0.4 is 0 Å². The Bertz CT molecular complexity index is 594. The largest absolute Gasteiger partial charge is 0.368 e. The fourth-order valence-corrected chi connectivity index (χ4v) is 7.67. The number of hydrogen-bond donors (Lipinski definition) is 2. The zero-order valence-electron chi connectivity index (χ0n) is 16.0. The molecule has 0 aromatic heterocycles. The summed E-state index contributed by atoms with van der Waals surface area (Å²) in [5.41, 5.74) is 1.92. The Morgan fingerprint density at radius 1 is 1.04 bits per heavy atom. The highest BCUT2D eigenvalue weighted by Gasteiger charge is 2.59. The first-order valence-electron chi connectivity index (χ1n) is 10.4. The minimum atomic E-state index is -1.19. The Morgan fingerprint density at radius 3 is 2.52 bits per heavy atom. The van der Waals surface area contributed by atoms with Gasteiger partial charge in [-0.3, -0.25) is 4.79 Å². The molecule has 3 heteroatoms. The Kier molecular flexibility index (Phi) is 4.20. The van der Waals surface area contributed by atoms with Crippen molar-refractivity contribution < 1.29 is 15.0 Å². The minimum Gasteiger partial charge on any atom is -0.368 e. The first-order chi connectivity index (χ1) is 11.8. The average molecular weight is 347 g/mol. The van der Waals surface area contributed by atoms with E-state index in [9.17, 15) is 15.0 Å². The number of aliphatic hydroxyl groups is 2. The normalized spacial score (nSPS) is 47.8. The topological polar surface area (TPSA) is 57.5 Å². The Morgan fingerprint density at radius 2 is 1.80 bits per heavy atom. The van der Waals surface area contributed by atoms with E-state index in [4.69, 9.17) is 0 Å². The van der Waals surface area contributed by atoms with Crippen LogP contribution in [0.2, 0.25) is 0 Å². The number of carbonyl (C=O) groups excluding carboxylic acids is 1. The van der Waals surface area contributed by atoms with Gasteiger partial charge in [0.1, 0.15) is 0 Å². The summed E-state index contributed by atoms with van der Waals surface area (Å²) in [5.74, 6) is 2.91. The van der Waals surface area contributed by atoms with Gasteiger partial charge in [-0.2, -0.15) is 0 Å². The van der Waals surface area contributed by atoms with Gasteiger partial charge in [0.25, 0.3) is 0 Å². The SMILES string of the molecule is C[C@H](C(O)O)[C@H]1CC[C@H]2[C@@H]3CCC4=CC(=O)CC[C@]4(C)[C@@H]3CC[C@]12C. The average Bonchev–Trinajstić information content (AvgIpc) is 2.92. The van der Waals surface area contributed by atoms with Crippen molar-refractivity contribution in [1.29, 1.82) is 0 Å². The van der Waals surface area contributed by atoms with Crippen LogP contribution in [0.4, 0.5) is 0 Å². The Labute approximate surface area is 151 Å². The summed E-state index contributed by atoms with van der Waals surface area (Å²) in [7, 11) is 0. The molecule has 0 spiro atoms. The summed E-state index contributed by atoms with van der Waals surface area (Å²) < 4.78 is 0. The van der Waals surface area contributed by atoms with Crippen molar-refractivity contribution in [3.8, 4) is 0 Å². The molecule has 0 heterocycles. The number of allylic oxidation sites excluding steroid dienone is 1. The van der Waals surface area contributed by atoms with E-state index in [-0.39, 0.29) is 16.7 Å². The van der Waals surface area contributed by atoms with Gasteiger partial charge in [0.2, 0.25) is 0 Å². The molecule has 140 valence electrons. The van der Waals surface area contributed by atoms with Gasteiger partial charge >= 0.3 is 0 Å². The lowest BCUT2D eigenvalue weighted by molar-refractivity contribution is -0.126. The lowest BCUT2D eigenvalue weighted by Gasteiger charge is -2.58. The number of rotatable bonds is 2. The second kappa shape index (κ2) is 5.92. The molecular weight excluding hydrogens is 312 g/mol. The molecule has 0 amide bonds. The van der Waals surface area contributed by atoms with E-state index < -0.39 is 6.29 Å². The van der Waals surface area contributed by atoms with E-state index in [1.165, 1.54) is 31.3 Å². The summed E-state index contributed by atoms with van der Waals surface area (Å²) in [5, 5.41) is 19.5. The molecule has 0 radical (unpaired) electrons. The maximum atomic E-state index is 11.9. The van der Waals surface area contributed by atoms with Gasteiger partial charge in [-0.25, -0.2) is 0 Å². The van der Waals surface area contributed by atoms with Crippen molar-refractivity contribution in [3.05, 3.63) is 11.6 Å². The highest BCUT2D eigenvalue weighted by atomic mass is 16.5. The van der Waals surface area contributed by atoms with E-state index in [1.54, 1.807) is 0 Å². The third-order valence-electron chi connectivity index (χ3n) is 9.14. The molecule has 0 unspecified atom stereocenters. The van der Waals surface area contributed by atoms with Crippen LogP contribution in [0.15, 0.2) is 11.6 Å². The van der Waals surface area contributed by atoms with Gasteiger partial charge < -0.3 is 10.2 Å². The van der Waals surface area contributed by atoms with Crippen LogP contribution >= 0.6 is 0 Å². The fraction of sp³-hybridized carbons (Fsp3) is 0.864. The third kappa shape index (κ3) is 2.49. The van der Waals surface area contributed by atoms with Gasteiger partial charge in [0, 0.05) is 12.3 Å². The second-order valence-electron chi connectivity index (χ2n) is 9.97. The highest BCUT2D eigenvalue weighted by Crippen LogP contribution is 2.67. The van der Waals surface area contributed by atoms with Crippen LogP contribution in [0.5, 0.6) is 0 Å². The molecule has 3 fully saturated rings. The number of carbonyl (C=O) groups is 1. The second-order valence-corrected chi connectivity index (χ2v) is 9.97. The number of hydrogen-bond acceptors (Lipinski definition) is 3. The summed E-state index contributed by atoms with van der Waals surface area (Å²) in [6.07, 6.45) is 9.70. The Hall–Kier alpha value is -0.670. The predicted molar refractivity (Wildman–Crippen MR) is 97.6 cm³/mol. The van der Waals surface area contributed by atoms with Crippen LogP contribution in [-0.4, -0.2) is 22.3 Å². The van der Waals surface area contributed by atoms with Crippen LogP contribution in [0.25, 0.3) is 0 Å². The zero-order valence-corrected chi connectivity index (χ0v) is 16.0. The molecule has 25 heavy (non-hydrogen) atoms. The van der Waals surface area contributed by atoms with E-state index in [0.29, 0.717) is 23.5 Å². The number of fused-ring (bicyclic) bond motifs is 5. The third-order valence-corrected chi connectivity index (χ3v) is 9.14. The lowest BCUT2D eigenvalue weighted by Crippen LogP contribution is -2.51. The van der Waals surface area contributed by atoms with Crippen LogP contribution in [0.1, 0.15) is 72.1 Å². The molecule has 3 saturated carbocycles. The number of aliphatic hydroxyl groups excluding tert-OH is 1. The molecule has 2 N–H and O–H groups in total. The van der Waals surface area contributed by atoms with Crippen molar-refractivity contribution in [3.63, 3.8) is 0 Å². The molecule has 0 aliphatic heterocycles. The molecular formula is C22H34O3. The summed E-state index contributed by atoms with van der Waals surface area (Å²) in [6, 6.07) is 0. The van der Waals surface area contributed by atoms with E-state index >= 15 is 0 Å². The molecule has 7 atom stereocenters. The zero-order chi connectivity index (χ0) is 18.0. The van der Waals surface area contributed by atoms with Crippen molar-refractivity contribution in [1.82, 2.24) is 0 Å². The van der Waals surface area contributed by atoms with Crippen LogP contribution in [0, 0.1) is 40.4 Å². The molecule has 0 bridgehead atoms. The lowest BCUT2D eigenvalue weighted by atomic mass is 9.46. The predicted octanol–water partition coefficient (Wildman–Crippen LogP) is 4.08. The minimum absolute atomic E-state index is 0.0338. The van der Waals surface area contributed by atoms with Gasteiger partial charge in [0.15, 0.2) is 12.1 Å². The van der Waals surface area contributed by atoms with E-state index in [2.05, 4.69) is 13.8 Å². The first kappa shape index (κ1) is 17.7. The monoisotopic (exact) mass is 346 g/mol. The summed E-state index contributed by atoms with van der Waals surface area (Å²) in [6.45, 7) is 6.88. The summed E-state index contributed by atoms with van der Waals surface area (Å²) in [4.78, 5) is 11.9. The smallest absolute Gasteiger partial charge is 0.155 e. The van der Waals surface area contributed by atoms with E-state index in [1.807, 2.05) is 13.0 Å². The van der Waals surface area contributed by atoms with Crippen LogP contribution in [-0.2, 0) is 4.79 Å². The maximum Gasteiger partial charge on any atom is 0.155 e. The molecule has 3 nitrogen and oxygen atoms in total. The van der Waals surface area contributed by atoms with Crippen molar-refractivity contribution in [2.24, 2.45) is 40.4 Å². The number of ketones is 1. The van der Waals surface area contributed by atoms with E-state index in [0.717, 1.165) is 31.6 Å². The summed E-state index contributed by atoms with van der Waals surface area (Å²) >= 11 is 0. The fourth-order valence-electron chi connectivity index (χ4n) is 7.67. The van der Waals surface area contributed by atoms with Gasteiger partial charge in [-0.1, -0.05) is 26.3 Å². The molecule has 4 rings (SSSR count). The standard InChI is InChI=1S/C22H34O3/c1-13(20(24)25)17-6-7-18-16-5-4-14-12-15(23)8-10-21(14,2)19(16)9-11-22(17,18)3/h12-13,16-20,24-25H,4-11H2,1-3H3/t13-,16-,17+,18-,19+,21-,22+/m0/s1. The Balaban J connectivity index is 1.62. The van der Waals surface area contributed by atoms with Crippen LogP contribution in [0.3, 0.4) is 0 Å². The van der Waals surface area contributed by atoms with Gasteiger partial charge in [-0.15, -0.1) is 0 Å². The molecule has 4 aliphatic carbocycles. The molecule has 0 saturated heterocycles. The van der Waals surface area contributed by atoms with Crippen molar-refractivity contribution in [2.45, 2.75) is 78.4 Å². The molecule has 4 aliphatic rings. The van der Waals surface area contributed by atoms with Gasteiger partial charge in [0.05, 0.1) is 0 Å². The quantitative estimate of drug-likeness (QED) is 0.741. The highest BCUT2D eigenvalue weighted by molar-refractivity contribution is 5.91. The van der Waals surface area contributed by atoms with Crippen molar-refractivity contribution >= 4 is 5.78 Å².